The molecule has 2 rings (SSSR count). The van der Waals surface area contributed by atoms with Gasteiger partial charge in [-0.3, -0.25) is 0 Å². The Kier molecular flexibility index (Phi) is 1.72. The zero-order valence-electron chi connectivity index (χ0n) is 10.2. The molecule has 1 unspecified atom stereocenters. The zero-order valence-corrected chi connectivity index (χ0v) is 8.16. The van der Waals surface area contributed by atoms with Gasteiger partial charge in [0.15, 0.2) is 0 Å². The Hall–Kier alpha value is -1.34. The van der Waals surface area contributed by atoms with Gasteiger partial charge in [-0.05, 0) is 18.1 Å². The summed E-state index contributed by atoms with van der Waals surface area (Å²) in [7, 11) is 0. The molecule has 0 fully saturated rings. The van der Waals surface area contributed by atoms with Crippen LogP contribution in [0.15, 0.2) is 54.6 Å². The second kappa shape index (κ2) is 3.43. The van der Waals surface area contributed by atoms with Crippen molar-refractivity contribution in [2.75, 3.05) is 6.61 Å². The third-order valence-corrected chi connectivity index (χ3v) is 2.65. The van der Waals surface area contributed by atoms with E-state index in [-0.39, 0.29) is 6.05 Å². The molecule has 1 heteroatoms. The Morgan fingerprint density at radius 1 is 1.57 bits per heavy atom. The van der Waals surface area contributed by atoms with E-state index >= 15 is 0 Å². The first-order chi connectivity index (χ1) is 7.68. The van der Waals surface area contributed by atoms with Gasteiger partial charge in [-0.2, -0.15) is 0 Å². The first kappa shape index (κ1) is 7.02. The van der Waals surface area contributed by atoms with Gasteiger partial charge in [0.25, 0.3) is 0 Å². The molecule has 72 valence electrons. The summed E-state index contributed by atoms with van der Waals surface area (Å²) < 4.78 is 20.6. The molecule has 1 aromatic carbocycles. The quantitative estimate of drug-likeness (QED) is 0.693. The summed E-state index contributed by atoms with van der Waals surface area (Å²) in [6.07, 6.45) is 1.88. The fourth-order valence-electron chi connectivity index (χ4n) is 1.76. The Balaban J connectivity index is 2.43. The molecule has 1 nitrogen and oxygen atoms in total. The van der Waals surface area contributed by atoms with Gasteiger partial charge in [0.1, 0.15) is 5.60 Å². The normalized spacial score (nSPS) is 29.5. The van der Waals surface area contributed by atoms with Crippen molar-refractivity contribution in [1.82, 2.24) is 0 Å². The summed E-state index contributed by atoms with van der Waals surface area (Å²) >= 11 is 0. The van der Waals surface area contributed by atoms with Gasteiger partial charge < -0.3 is 4.74 Å². The lowest BCUT2D eigenvalue weighted by Gasteiger charge is -2.26. The molecular weight excluding hydrogens is 172 g/mol. The fraction of sp³-hybridized carbons (Fsp3) is 0.231. The van der Waals surface area contributed by atoms with E-state index < -0.39 is 5.60 Å². The van der Waals surface area contributed by atoms with Crippen molar-refractivity contribution in [3.05, 3.63) is 60.2 Å². The number of hydrogen-bond acceptors (Lipinski definition) is 1. The molecule has 1 heterocycles. The van der Waals surface area contributed by atoms with Gasteiger partial charge in [-0.15, -0.1) is 0 Å². The largest absolute Gasteiger partial charge is 0.362 e. The second-order valence-electron chi connectivity index (χ2n) is 3.47. The molecule has 1 aliphatic heterocycles. The monoisotopic (exact) mass is 188 g/mol. The summed E-state index contributed by atoms with van der Waals surface area (Å²) in [6, 6.07) is 10.0. The van der Waals surface area contributed by atoms with Gasteiger partial charge in [-0.25, -0.2) is 0 Å². The van der Waals surface area contributed by atoms with Crippen LogP contribution in [0.3, 0.4) is 0 Å². The Morgan fingerprint density at radius 2 is 2.36 bits per heavy atom. The lowest BCUT2D eigenvalue weighted by molar-refractivity contribution is 0.0335. The molecule has 0 aliphatic carbocycles. The maximum Gasteiger partial charge on any atom is 0.115 e. The molecule has 0 spiro atoms. The SMILES string of the molecule is [2H]C=C([2H])C1=CCOC1(C)c1ccccc1. The minimum absolute atomic E-state index is 0.212. The first-order valence-electron chi connectivity index (χ1n) is 5.72. The van der Waals surface area contributed by atoms with Gasteiger partial charge in [0, 0.05) is 0 Å². The maximum absolute atomic E-state index is 7.75. The van der Waals surface area contributed by atoms with Crippen LogP contribution in [0.4, 0.5) is 0 Å². The van der Waals surface area contributed by atoms with Crippen molar-refractivity contribution in [3.63, 3.8) is 0 Å². The van der Waals surface area contributed by atoms with E-state index in [0.29, 0.717) is 6.61 Å². The zero-order chi connectivity index (χ0) is 11.6. The van der Waals surface area contributed by atoms with Gasteiger partial charge in [0.05, 0.1) is 9.35 Å². The first-order valence-corrected chi connectivity index (χ1v) is 4.64. The molecule has 1 aromatic rings. The van der Waals surface area contributed by atoms with Crippen molar-refractivity contribution in [3.8, 4) is 0 Å². The standard InChI is InChI=1S/C13H14O/c1-3-11-9-10-14-13(11,2)12-7-5-4-6-8-12/h3-9H,1,10H2,2H3/i1D,3D. The van der Waals surface area contributed by atoms with Crippen molar-refractivity contribution < 1.29 is 7.48 Å². The number of rotatable bonds is 2. The number of hydrogen-bond donors (Lipinski definition) is 0. The lowest BCUT2D eigenvalue weighted by atomic mass is 9.89. The summed E-state index contributed by atoms with van der Waals surface area (Å²) in [5, 5.41) is 0. The molecule has 0 bridgehead atoms. The fourth-order valence-corrected chi connectivity index (χ4v) is 1.76. The van der Waals surface area contributed by atoms with Crippen LogP contribution in [0.25, 0.3) is 0 Å². The van der Waals surface area contributed by atoms with E-state index in [9.17, 15) is 0 Å². The topological polar surface area (TPSA) is 9.23 Å². The van der Waals surface area contributed by atoms with E-state index in [0.717, 1.165) is 17.7 Å². The van der Waals surface area contributed by atoms with Crippen LogP contribution < -0.4 is 0 Å². The lowest BCUT2D eigenvalue weighted by Crippen LogP contribution is -2.23. The predicted octanol–water partition coefficient (Wildman–Crippen LogP) is 3.04. The Labute approximate surface area is 87.5 Å². The summed E-state index contributed by atoms with van der Waals surface area (Å²) in [5.41, 5.74) is 1.20. The van der Waals surface area contributed by atoms with Crippen molar-refractivity contribution >= 4 is 0 Å². The summed E-state index contributed by atoms with van der Waals surface area (Å²) in [6.45, 7) is 3.50. The Bertz CT molecular complexity index is 437. The van der Waals surface area contributed by atoms with Crippen molar-refractivity contribution in [1.29, 1.82) is 0 Å². The third kappa shape index (κ3) is 1.30. The molecule has 0 amide bonds. The highest BCUT2D eigenvalue weighted by Crippen LogP contribution is 2.37. The van der Waals surface area contributed by atoms with E-state index in [2.05, 4.69) is 0 Å². The third-order valence-electron chi connectivity index (χ3n) is 2.65. The van der Waals surface area contributed by atoms with Gasteiger partial charge in [-0.1, -0.05) is 49.0 Å². The minimum atomic E-state index is -0.587. The van der Waals surface area contributed by atoms with Gasteiger partial charge in [0.2, 0.25) is 0 Å². The van der Waals surface area contributed by atoms with E-state index in [1.165, 1.54) is 0 Å². The van der Waals surface area contributed by atoms with E-state index in [1.54, 1.807) is 0 Å². The molecule has 0 saturated heterocycles. The van der Waals surface area contributed by atoms with Gasteiger partial charge >= 0.3 is 0 Å². The smallest absolute Gasteiger partial charge is 0.115 e. The molecule has 0 N–H and O–H groups in total. The number of benzene rings is 1. The van der Waals surface area contributed by atoms with Crippen LogP contribution in [0, 0.1) is 0 Å². The van der Waals surface area contributed by atoms with Crippen LogP contribution >= 0.6 is 0 Å². The average molecular weight is 188 g/mol. The van der Waals surface area contributed by atoms with E-state index in [4.69, 9.17) is 7.48 Å². The average Bonchev–Trinajstić information content (AvgIpc) is 2.73. The molecule has 1 aliphatic rings. The molecule has 0 radical (unpaired) electrons. The highest BCUT2D eigenvalue weighted by Gasteiger charge is 2.33. The molecular formula is C13H14O. The van der Waals surface area contributed by atoms with Crippen molar-refractivity contribution in [2.24, 2.45) is 0 Å². The predicted molar refractivity (Wildman–Crippen MR) is 58.0 cm³/mol. The number of ether oxygens (including phenoxy) is 1. The maximum atomic E-state index is 7.75. The second-order valence-corrected chi connectivity index (χ2v) is 3.47. The molecule has 0 aromatic heterocycles. The molecule has 0 saturated carbocycles. The summed E-state index contributed by atoms with van der Waals surface area (Å²) in [4.78, 5) is 0. The molecule has 14 heavy (non-hydrogen) atoms. The highest BCUT2D eigenvalue weighted by molar-refractivity contribution is 5.39. The van der Waals surface area contributed by atoms with Crippen LogP contribution in [-0.4, -0.2) is 6.61 Å². The molecule has 1 atom stereocenters. The minimum Gasteiger partial charge on any atom is -0.362 e. The Morgan fingerprint density at radius 3 is 3.07 bits per heavy atom. The van der Waals surface area contributed by atoms with Crippen LogP contribution in [0.5, 0.6) is 0 Å². The summed E-state index contributed by atoms with van der Waals surface area (Å²) in [5.74, 6) is 0. The highest BCUT2D eigenvalue weighted by atomic mass is 16.5. The van der Waals surface area contributed by atoms with Crippen LogP contribution in [0.1, 0.15) is 15.2 Å². The van der Waals surface area contributed by atoms with Crippen LogP contribution in [-0.2, 0) is 10.3 Å². The van der Waals surface area contributed by atoms with E-state index in [1.807, 2.05) is 43.3 Å². The van der Waals surface area contributed by atoms with Crippen LogP contribution in [0.2, 0.25) is 0 Å². The van der Waals surface area contributed by atoms with Crippen molar-refractivity contribution in [2.45, 2.75) is 12.5 Å².